The highest BCUT2D eigenvalue weighted by Gasteiger charge is 2.45. The molecule has 1 aliphatic rings. The molecule has 33 heavy (non-hydrogen) atoms. The molecule has 0 N–H and O–H groups in total. The summed E-state index contributed by atoms with van der Waals surface area (Å²) in [6.45, 7) is 3.07. The van der Waals surface area contributed by atoms with Gasteiger partial charge in [0.2, 0.25) is 11.8 Å². The third kappa shape index (κ3) is 5.16. The van der Waals surface area contributed by atoms with E-state index in [4.69, 9.17) is 4.52 Å². The fourth-order valence-electron chi connectivity index (χ4n) is 4.80. The molecular weight excluding hydrogens is 414 g/mol. The van der Waals surface area contributed by atoms with Crippen LogP contribution >= 0.6 is 0 Å². The van der Waals surface area contributed by atoms with E-state index in [-0.39, 0.29) is 11.8 Å². The monoisotopic (exact) mass is 445 g/mol. The summed E-state index contributed by atoms with van der Waals surface area (Å²) < 4.78 is 5.66. The molecule has 0 aliphatic carbocycles. The topological polar surface area (TPSA) is 66.7 Å². The summed E-state index contributed by atoms with van der Waals surface area (Å²) >= 11 is 0. The van der Waals surface area contributed by atoms with Crippen molar-refractivity contribution in [2.75, 3.05) is 27.2 Å². The lowest BCUT2D eigenvalue weighted by Gasteiger charge is -2.42. The highest BCUT2D eigenvalue weighted by Crippen LogP contribution is 2.36. The summed E-state index contributed by atoms with van der Waals surface area (Å²) in [5.41, 5.74) is 3.13. The number of aryl methyl sites for hydroxylation is 1. The molecule has 1 aromatic heterocycles. The second-order valence-corrected chi connectivity index (χ2v) is 9.29. The summed E-state index contributed by atoms with van der Waals surface area (Å²) in [6.07, 6.45) is 2.24. The van der Waals surface area contributed by atoms with Crippen LogP contribution in [0, 0.1) is 12.3 Å². The SMILES string of the molecule is Cc1cccc(CC(=O)N2CCC[C@](Cc3cc(-c4ccccc4)no3)(C(=O)N(C)C)C2)c1. The van der Waals surface area contributed by atoms with Gasteiger partial charge in [-0.3, -0.25) is 9.59 Å². The molecule has 0 unspecified atom stereocenters. The molecule has 1 aliphatic heterocycles. The first-order chi connectivity index (χ1) is 15.9. The van der Waals surface area contributed by atoms with Crippen LogP contribution in [0.25, 0.3) is 11.3 Å². The lowest BCUT2D eigenvalue weighted by Crippen LogP contribution is -2.54. The van der Waals surface area contributed by atoms with Gasteiger partial charge in [0, 0.05) is 45.2 Å². The van der Waals surface area contributed by atoms with Crippen molar-refractivity contribution in [1.82, 2.24) is 15.0 Å². The van der Waals surface area contributed by atoms with Crippen molar-refractivity contribution in [2.24, 2.45) is 5.41 Å². The Kier molecular flexibility index (Phi) is 6.63. The normalized spacial score (nSPS) is 18.2. The molecule has 2 aromatic carbocycles. The molecule has 4 rings (SSSR count). The van der Waals surface area contributed by atoms with Crippen molar-refractivity contribution in [1.29, 1.82) is 0 Å². The number of likely N-dealkylation sites (tertiary alicyclic amines) is 1. The van der Waals surface area contributed by atoms with Crippen LogP contribution in [-0.4, -0.2) is 54.0 Å². The number of aromatic nitrogens is 1. The standard InChI is InChI=1S/C27H31N3O3/c1-20-9-7-10-21(15-20)16-25(31)30-14-8-13-27(19-30,26(32)29(2)3)18-23-17-24(28-33-23)22-11-5-4-6-12-22/h4-7,9-12,15,17H,8,13-14,16,18-19H2,1-3H3/t27-/m1/s1. The minimum absolute atomic E-state index is 0.0215. The Balaban J connectivity index is 1.55. The van der Waals surface area contributed by atoms with Crippen LogP contribution in [0.3, 0.4) is 0 Å². The zero-order valence-electron chi connectivity index (χ0n) is 19.6. The number of amides is 2. The molecule has 6 nitrogen and oxygen atoms in total. The fraction of sp³-hybridized carbons (Fsp3) is 0.370. The summed E-state index contributed by atoms with van der Waals surface area (Å²) in [6, 6.07) is 19.8. The Labute approximate surface area is 195 Å². The van der Waals surface area contributed by atoms with Crippen LogP contribution in [-0.2, 0) is 22.4 Å². The summed E-state index contributed by atoms with van der Waals surface area (Å²) in [4.78, 5) is 30.0. The molecule has 0 saturated carbocycles. The number of piperidine rings is 1. The minimum atomic E-state index is -0.725. The number of carbonyl (C=O) groups excluding carboxylic acids is 2. The van der Waals surface area contributed by atoms with E-state index in [1.807, 2.05) is 72.5 Å². The van der Waals surface area contributed by atoms with Gasteiger partial charge in [0.25, 0.3) is 0 Å². The van der Waals surface area contributed by atoms with Crippen molar-refractivity contribution in [2.45, 2.75) is 32.6 Å². The maximum Gasteiger partial charge on any atom is 0.230 e. The van der Waals surface area contributed by atoms with Crippen LogP contribution in [0.2, 0.25) is 0 Å². The maximum atomic E-state index is 13.4. The van der Waals surface area contributed by atoms with Gasteiger partial charge < -0.3 is 14.3 Å². The van der Waals surface area contributed by atoms with Crippen molar-refractivity contribution < 1.29 is 14.1 Å². The molecule has 1 fully saturated rings. The van der Waals surface area contributed by atoms with Crippen molar-refractivity contribution in [3.63, 3.8) is 0 Å². The van der Waals surface area contributed by atoms with Gasteiger partial charge in [0.15, 0.2) is 0 Å². The molecule has 0 radical (unpaired) electrons. The highest BCUT2D eigenvalue weighted by molar-refractivity contribution is 5.85. The molecule has 3 aromatic rings. The Morgan fingerprint density at radius 2 is 1.88 bits per heavy atom. The van der Waals surface area contributed by atoms with E-state index in [1.54, 1.807) is 19.0 Å². The maximum absolute atomic E-state index is 13.4. The predicted molar refractivity (Wildman–Crippen MR) is 127 cm³/mol. The van der Waals surface area contributed by atoms with Gasteiger partial charge in [-0.05, 0) is 25.3 Å². The molecule has 2 amide bonds. The largest absolute Gasteiger partial charge is 0.361 e. The second kappa shape index (κ2) is 9.61. The van der Waals surface area contributed by atoms with E-state index >= 15 is 0 Å². The molecule has 0 bridgehead atoms. The summed E-state index contributed by atoms with van der Waals surface area (Å²) in [7, 11) is 3.54. The van der Waals surface area contributed by atoms with Gasteiger partial charge in [-0.2, -0.15) is 0 Å². The zero-order chi connectivity index (χ0) is 23.4. The lowest BCUT2D eigenvalue weighted by atomic mass is 9.75. The Morgan fingerprint density at radius 1 is 1.09 bits per heavy atom. The van der Waals surface area contributed by atoms with Gasteiger partial charge in [0.1, 0.15) is 11.5 Å². The first-order valence-electron chi connectivity index (χ1n) is 11.4. The van der Waals surface area contributed by atoms with Gasteiger partial charge in [0.05, 0.1) is 11.8 Å². The number of carbonyl (C=O) groups is 2. The number of hydrogen-bond donors (Lipinski definition) is 0. The van der Waals surface area contributed by atoms with Crippen LogP contribution in [0.4, 0.5) is 0 Å². The van der Waals surface area contributed by atoms with Crippen LogP contribution in [0.5, 0.6) is 0 Å². The van der Waals surface area contributed by atoms with Gasteiger partial charge >= 0.3 is 0 Å². The lowest BCUT2D eigenvalue weighted by molar-refractivity contribution is -0.147. The molecule has 6 heteroatoms. The second-order valence-electron chi connectivity index (χ2n) is 9.29. The van der Waals surface area contributed by atoms with Crippen molar-refractivity contribution in [3.05, 3.63) is 77.6 Å². The number of benzene rings is 2. The molecular formula is C27H31N3O3. The van der Waals surface area contributed by atoms with Crippen LogP contribution in [0.15, 0.2) is 65.2 Å². The molecule has 2 heterocycles. The van der Waals surface area contributed by atoms with Gasteiger partial charge in [-0.25, -0.2) is 0 Å². The van der Waals surface area contributed by atoms with Gasteiger partial charge in [-0.1, -0.05) is 65.3 Å². The quantitative estimate of drug-likeness (QED) is 0.572. The number of rotatable bonds is 6. The van der Waals surface area contributed by atoms with E-state index in [2.05, 4.69) is 5.16 Å². The van der Waals surface area contributed by atoms with E-state index in [0.29, 0.717) is 38.1 Å². The van der Waals surface area contributed by atoms with E-state index in [0.717, 1.165) is 28.8 Å². The van der Waals surface area contributed by atoms with E-state index in [9.17, 15) is 9.59 Å². The van der Waals surface area contributed by atoms with Crippen molar-refractivity contribution in [3.8, 4) is 11.3 Å². The van der Waals surface area contributed by atoms with E-state index in [1.165, 1.54) is 0 Å². The van der Waals surface area contributed by atoms with E-state index < -0.39 is 5.41 Å². The van der Waals surface area contributed by atoms with Crippen LogP contribution in [0.1, 0.15) is 29.7 Å². The minimum Gasteiger partial charge on any atom is -0.361 e. The third-order valence-electron chi connectivity index (χ3n) is 6.37. The fourth-order valence-corrected chi connectivity index (χ4v) is 4.80. The molecule has 0 spiro atoms. The Bertz CT molecular complexity index is 1120. The Hall–Kier alpha value is -3.41. The molecule has 1 saturated heterocycles. The first kappa shape index (κ1) is 22.8. The average molecular weight is 446 g/mol. The van der Waals surface area contributed by atoms with Gasteiger partial charge in [-0.15, -0.1) is 0 Å². The number of nitrogens with zero attached hydrogens (tertiary/aromatic N) is 3. The summed E-state index contributed by atoms with van der Waals surface area (Å²) in [5.74, 6) is 0.740. The molecule has 1 atom stereocenters. The average Bonchev–Trinajstić information content (AvgIpc) is 3.27. The zero-order valence-corrected chi connectivity index (χ0v) is 19.6. The third-order valence-corrected chi connectivity index (χ3v) is 6.37. The van der Waals surface area contributed by atoms with Crippen molar-refractivity contribution >= 4 is 11.8 Å². The highest BCUT2D eigenvalue weighted by atomic mass is 16.5. The smallest absolute Gasteiger partial charge is 0.230 e. The number of hydrogen-bond acceptors (Lipinski definition) is 4. The predicted octanol–water partition coefficient (Wildman–Crippen LogP) is 4.13. The van der Waals surface area contributed by atoms with Crippen LogP contribution < -0.4 is 0 Å². The molecule has 172 valence electrons. The summed E-state index contributed by atoms with van der Waals surface area (Å²) in [5, 5.41) is 4.22. The first-order valence-corrected chi connectivity index (χ1v) is 11.4. The Morgan fingerprint density at radius 3 is 2.61 bits per heavy atom.